The molecular weight excluding hydrogens is 288 g/mol. The fourth-order valence-electron chi connectivity index (χ4n) is 1.77. The normalized spacial score (nSPS) is 12.1. The number of carbonyl (C=O) groups excluding carboxylic acids is 1. The predicted octanol–water partition coefficient (Wildman–Crippen LogP) is 1.71. The lowest BCUT2D eigenvalue weighted by Crippen LogP contribution is -2.36. The Morgan fingerprint density at radius 2 is 2.19 bits per heavy atom. The number of hydrogen-bond donors (Lipinski definition) is 2. The number of ether oxygens (including phenoxy) is 1. The zero-order valence-corrected chi connectivity index (χ0v) is 12.8. The van der Waals surface area contributed by atoms with Crippen molar-refractivity contribution in [2.75, 3.05) is 19.5 Å². The molecule has 6 nitrogen and oxygen atoms in total. The van der Waals surface area contributed by atoms with Crippen molar-refractivity contribution in [3.05, 3.63) is 30.3 Å². The molecule has 112 valence electrons. The number of nitrogens with one attached hydrogen (secondary N) is 2. The number of aromatic amines is 1. The van der Waals surface area contributed by atoms with Gasteiger partial charge in [-0.3, -0.25) is 9.89 Å². The molecule has 0 saturated heterocycles. The van der Waals surface area contributed by atoms with Gasteiger partial charge in [0.15, 0.2) is 5.82 Å². The van der Waals surface area contributed by atoms with E-state index in [0.717, 1.165) is 5.56 Å². The number of carbonyl (C=O) groups is 1. The largest absolute Gasteiger partial charge is 0.383 e. The minimum absolute atomic E-state index is 0.00452. The van der Waals surface area contributed by atoms with Crippen molar-refractivity contribution < 1.29 is 9.53 Å². The summed E-state index contributed by atoms with van der Waals surface area (Å²) in [6, 6.07) is 9.73. The highest BCUT2D eigenvalue weighted by atomic mass is 32.2. The Morgan fingerprint density at radius 1 is 1.43 bits per heavy atom. The van der Waals surface area contributed by atoms with Gasteiger partial charge in [-0.2, -0.15) is 0 Å². The van der Waals surface area contributed by atoms with Crippen molar-refractivity contribution in [2.24, 2.45) is 0 Å². The van der Waals surface area contributed by atoms with Crippen LogP contribution in [0.15, 0.2) is 35.5 Å². The number of H-pyrrole nitrogens is 1. The molecule has 0 radical (unpaired) electrons. The average molecular weight is 306 g/mol. The van der Waals surface area contributed by atoms with Crippen molar-refractivity contribution in [3.63, 3.8) is 0 Å². The summed E-state index contributed by atoms with van der Waals surface area (Å²) < 4.78 is 4.97. The third-order valence-corrected chi connectivity index (χ3v) is 3.52. The molecule has 0 aliphatic carbocycles. The van der Waals surface area contributed by atoms with Crippen LogP contribution in [-0.4, -0.2) is 46.6 Å². The van der Waals surface area contributed by atoms with Gasteiger partial charge in [-0.15, -0.1) is 5.10 Å². The van der Waals surface area contributed by atoms with Crippen LogP contribution in [0.3, 0.4) is 0 Å². The first-order valence-corrected chi connectivity index (χ1v) is 7.56. The molecule has 1 aromatic carbocycles. The molecule has 1 heterocycles. The van der Waals surface area contributed by atoms with Gasteiger partial charge in [-0.1, -0.05) is 42.1 Å². The molecule has 0 aliphatic heterocycles. The monoisotopic (exact) mass is 306 g/mol. The quantitative estimate of drug-likeness (QED) is 0.761. The van der Waals surface area contributed by atoms with Gasteiger partial charge in [-0.05, 0) is 6.92 Å². The Balaban J connectivity index is 1.84. The van der Waals surface area contributed by atoms with Gasteiger partial charge in [-0.25, -0.2) is 4.98 Å². The first kappa shape index (κ1) is 15.5. The van der Waals surface area contributed by atoms with Crippen molar-refractivity contribution in [2.45, 2.75) is 18.1 Å². The van der Waals surface area contributed by atoms with Crippen molar-refractivity contribution in [1.29, 1.82) is 0 Å². The molecular formula is C14H18N4O2S. The Labute approximate surface area is 127 Å². The minimum Gasteiger partial charge on any atom is -0.383 e. The van der Waals surface area contributed by atoms with Gasteiger partial charge in [0.05, 0.1) is 12.4 Å². The van der Waals surface area contributed by atoms with Crippen LogP contribution in [0.4, 0.5) is 0 Å². The molecule has 0 fully saturated rings. The van der Waals surface area contributed by atoms with E-state index in [1.54, 1.807) is 7.11 Å². The Kier molecular flexibility index (Phi) is 5.77. The summed E-state index contributed by atoms with van der Waals surface area (Å²) >= 11 is 1.30. The summed E-state index contributed by atoms with van der Waals surface area (Å²) in [5, 5.41) is 10.4. The number of thioether (sulfide) groups is 1. The highest BCUT2D eigenvalue weighted by molar-refractivity contribution is 7.99. The second-order valence-electron chi connectivity index (χ2n) is 4.55. The van der Waals surface area contributed by atoms with Gasteiger partial charge in [0.25, 0.3) is 0 Å². The van der Waals surface area contributed by atoms with E-state index >= 15 is 0 Å². The van der Waals surface area contributed by atoms with Crippen LogP contribution < -0.4 is 5.32 Å². The Hall–Kier alpha value is -1.86. The van der Waals surface area contributed by atoms with Gasteiger partial charge in [0.2, 0.25) is 11.1 Å². The molecule has 21 heavy (non-hydrogen) atoms. The molecule has 1 aromatic heterocycles. The maximum atomic E-state index is 11.7. The SMILES string of the molecule is COCC(C)NC(=O)CSc1n[nH]c(-c2ccccc2)n1. The third kappa shape index (κ3) is 4.87. The van der Waals surface area contributed by atoms with E-state index in [1.165, 1.54) is 11.8 Å². The van der Waals surface area contributed by atoms with Crippen molar-refractivity contribution in [3.8, 4) is 11.4 Å². The average Bonchev–Trinajstić information content (AvgIpc) is 2.95. The van der Waals surface area contributed by atoms with E-state index in [-0.39, 0.29) is 17.7 Å². The first-order valence-electron chi connectivity index (χ1n) is 6.58. The van der Waals surface area contributed by atoms with Gasteiger partial charge >= 0.3 is 0 Å². The summed E-state index contributed by atoms with van der Waals surface area (Å²) in [5.41, 5.74) is 0.968. The molecule has 1 unspecified atom stereocenters. The third-order valence-electron chi connectivity index (χ3n) is 2.67. The summed E-state index contributed by atoms with van der Waals surface area (Å²) in [6.07, 6.45) is 0. The van der Waals surface area contributed by atoms with Gasteiger partial charge in [0.1, 0.15) is 0 Å². The zero-order chi connectivity index (χ0) is 15.1. The second-order valence-corrected chi connectivity index (χ2v) is 5.49. The van der Waals surface area contributed by atoms with E-state index in [1.807, 2.05) is 37.3 Å². The molecule has 0 bridgehead atoms. The number of hydrogen-bond acceptors (Lipinski definition) is 5. The number of aromatic nitrogens is 3. The predicted molar refractivity (Wildman–Crippen MR) is 82.0 cm³/mol. The number of benzene rings is 1. The van der Waals surface area contributed by atoms with E-state index in [0.29, 0.717) is 17.6 Å². The van der Waals surface area contributed by atoms with Crippen molar-refractivity contribution in [1.82, 2.24) is 20.5 Å². The zero-order valence-electron chi connectivity index (χ0n) is 12.0. The summed E-state index contributed by atoms with van der Waals surface area (Å²) in [6.45, 7) is 2.39. The molecule has 1 amide bonds. The van der Waals surface area contributed by atoms with Crippen LogP contribution in [-0.2, 0) is 9.53 Å². The van der Waals surface area contributed by atoms with Crippen LogP contribution in [0.1, 0.15) is 6.92 Å². The van der Waals surface area contributed by atoms with Crippen LogP contribution in [0.2, 0.25) is 0 Å². The summed E-state index contributed by atoms with van der Waals surface area (Å²) in [7, 11) is 1.61. The summed E-state index contributed by atoms with van der Waals surface area (Å²) in [5.74, 6) is 0.919. The second kappa shape index (κ2) is 7.80. The molecule has 7 heteroatoms. The maximum absolute atomic E-state index is 11.7. The number of rotatable bonds is 7. The number of nitrogens with zero attached hydrogens (tertiary/aromatic N) is 2. The minimum atomic E-state index is -0.0596. The van der Waals surface area contributed by atoms with Gasteiger partial charge < -0.3 is 10.1 Å². The van der Waals surface area contributed by atoms with Gasteiger partial charge in [0, 0.05) is 18.7 Å². The standard InChI is InChI=1S/C14H18N4O2S/c1-10(8-20-2)15-12(19)9-21-14-16-13(17-18-14)11-6-4-3-5-7-11/h3-7,10H,8-9H2,1-2H3,(H,15,19)(H,16,17,18). The van der Waals surface area contributed by atoms with E-state index < -0.39 is 0 Å². The fraction of sp³-hybridized carbons (Fsp3) is 0.357. The van der Waals surface area contributed by atoms with Crippen LogP contribution in [0.25, 0.3) is 11.4 Å². The smallest absolute Gasteiger partial charge is 0.230 e. The van der Waals surface area contributed by atoms with Crippen molar-refractivity contribution >= 4 is 17.7 Å². The number of methoxy groups -OCH3 is 1. The highest BCUT2D eigenvalue weighted by Crippen LogP contribution is 2.18. The van der Waals surface area contributed by atoms with Crippen LogP contribution >= 0.6 is 11.8 Å². The Bertz CT molecular complexity index is 573. The topological polar surface area (TPSA) is 79.9 Å². The lowest BCUT2D eigenvalue weighted by Gasteiger charge is -2.11. The molecule has 2 aromatic rings. The van der Waals surface area contributed by atoms with E-state index in [2.05, 4.69) is 20.5 Å². The molecule has 0 aliphatic rings. The van der Waals surface area contributed by atoms with E-state index in [4.69, 9.17) is 4.74 Å². The number of amides is 1. The first-order chi connectivity index (χ1) is 10.2. The molecule has 1 atom stereocenters. The molecule has 2 rings (SSSR count). The maximum Gasteiger partial charge on any atom is 0.230 e. The van der Waals surface area contributed by atoms with Crippen LogP contribution in [0.5, 0.6) is 0 Å². The van der Waals surface area contributed by atoms with E-state index in [9.17, 15) is 4.79 Å². The highest BCUT2D eigenvalue weighted by Gasteiger charge is 2.10. The molecule has 0 spiro atoms. The fourth-order valence-corrected chi connectivity index (χ4v) is 2.38. The Morgan fingerprint density at radius 3 is 2.90 bits per heavy atom. The summed E-state index contributed by atoms with van der Waals surface area (Å²) in [4.78, 5) is 16.1. The lowest BCUT2D eigenvalue weighted by atomic mass is 10.2. The van der Waals surface area contributed by atoms with Crippen LogP contribution in [0, 0.1) is 0 Å². The lowest BCUT2D eigenvalue weighted by molar-refractivity contribution is -0.119. The molecule has 0 saturated carbocycles. The molecule has 2 N–H and O–H groups in total.